The number of aryl methyl sites for hydroxylation is 2. The van der Waals surface area contributed by atoms with Gasteiger partial charge in [0, 0.05) is 5.56 Å². The Labute approximate surface area is 155 Å². The van der Waals surface area contributed by atoms with Crippen molar-refractivity contribution in [2.45, 2.75) is 19.8 Å². The van der Waals surface area contributed by atoms with Crippen LogP contribution >= 0.6 is 0 Å². The van der Waals surface area contributed by atoms with Crippen molar-refractivity contribution in [1.82, 2.24) is 0 Å². The first-order chi connectivity index (χ1) is 12.5. The Morgan fingerprint density at radius 2 is 1.35 bits per heavy atom. The van der Waals surface area contributed by atoms with Crippen molar-refractivity contribution in [2.24, 2.45) is 5.73 Å². The fourth-order valence-corrected chi connectivity index (χ4v) is 3.05. The van der Waals surface area contributed by atoms with Gasteiger partial charge in [0.05, 0.1) is 0 Å². The van der Waals surface area contributed by atoms with E-state index in [1.54, 1.807) is 0 Å². The zero-order chi connectivity index (χ0) is 18.5. The quantitative estimate of drug-likeness (QED) is 0.454. The Kier molecular flexibility index (Phi) is 5.33. The monoisotopic (exact) mass is 340 g/mol. The third-order valence-electron chi connectivity index (χ3n) is 4.56. The summed E-state index contributed by atoms with van der Waals surface area (Å²) in [6.45, 7) is 6.06. The van der Waals surface area contributed by atoms with Gasteiger partial charge in [0.15, 0.2) is 0 Å². The van der Waals surface area contributed by atoms with Crippen molar-refractivity contribution in [3.8, 4) is 11.1 Å². The van der Waals surface area contributed by atoms with Gasteiger partial charge in [-0.25, -0.2) is 0 Å². The highest BCUT2D eigenvalue weighted by Gasteiger charge is 2.04. The van der Waals surface area contributed by atoms with Crippen LogP contribution < -0.4 is 5.73 Å². The SMILES string of the molecule is C=C(C)c1cccc(CCc2cccc(-c3cccc(C(=N)N)c3)c2)c1. The standard InChI is InChI=1S/C24H24N2/c1-17(2)20-8-3-6-18(14-20)12-13-19-7-4-9-21(15-19)22-10-5-11-23(16-22)24(25)26/h3-11,14-16H,1,12-13H2,2H3,(H3,25,26). The molecule has 0 bridgehead atoms. The molecular weight excluding hydrogens is 316 g/mol. The minimum atomic E-state index is 0.0976. The Morgan fingerprint density at radius 3 is 2.00 bits per heavy atom. The van der Waals surface area contributed by atoms with Gasteiger partial charge in [0.2, 0.25) is 0 Å². The Morgan fingerprint density at radius 1 is 0.808 bits per heavy atom. The van der Waals surface area contributed by atoms with Crippen molar-refractivity contribution >= 4 is 11.4 Å². The van der Waals surface area contributed by atoms with E-state index < -0.39 is 0 Å². The molecule has 0 fully saturated rings. The number of amidine groups is 1. The van der Waals surface area contributed by atoms with Crippen LogP contribution in [0.3, 0.4) is 0 Å². The topological polar surface area (TPSA) is 49.9 Å². The van der Waals surface area contributed by atoms with Crippen LogP contribution in [0.1, 0.15) is 29.2 Å². The molecule has 0 atom stereocenters. The molecule has 0 aromatic heterocycles. The molecule has 3 aromatic rings. The Bertz CT molecular complexity index is 954. The molecule has 2 nitrogen and oxygen atoms in total. The van der Waals surface area contributed by atoms with E-state index in [-0.39, 0.29) is 5.84 Å². The molecule has 2 heteroatoms. The summed E-state index contributed by atoms with van der Waals surface area (Å²) in [5, 5.41) is 7.62. The summed E-state index contributed by atoms with van der Waals surface area (Å²) >= 11 is 0. The van der Waals surface area contributed by atoms with E-state index in [4.69, 9.17) is 11.1 Å². The maximum Gasteiger partial charge on any atom is 0.122 e. The Balaban J connectivity index is 1.78. The van der Waals surface area contributed by atoms with Gasteiger partial charge in [-0.2, -0.15) is 0 Å². The molecule has 3 N–H and O–H groups in total. The number of nitrogens with two attached hydrogens (primary N) is 1. The number of allylic oxidation sites excluding steroid dienone is 1. The maximum absolute atomic E-state index is 7.62. The largest absolute Gasteiger partial charge is 0.384 e. The van der Waals surface area contributed by atoms with Crippen molar-refractivity contribution in [1.29, 1.82) is 5.41 Å². The van der Waals surface area contributed by atoms with E-state index in [1.165, 1.54) is 16.7 Å². The minimum Gasteiger partial charge on any atom is -0.384 e. The van der Waals surface area contributed by atoms with Crippen LogP contribution in [-0.4, -0.2) is 5.84 Å². The van der Waals surface area contributed by atoms with Crippen molar-refractivity contribution in [2.75, 3.05) is 0 Å². The number of hydrogen-bond acceptors (Lipinski definition) is 1. The summed E-state index contributed by atoms with van der Waals surface area (Å²) in [6, 6.07) is 25.0. The molecule has 0 heterocycles. The first-order valence-electron chi connectivity index (χ1n) is 8.81. The predicted molar refractivity (Wildman–Crippen MR) is 111 cm³/mol. The van der Waals surface area contributed by atoms with Crippen LogP contribution in [-0.2, 0) is 12.8 Å². The van der Waals surface area contributed by atoms with Gasteiger partial charge in [-0.1, -0.05) is 78.9 Å². The first-order valence-corrected chi connectivity index (χ1v) is 8.81. The van der Waals surface area contributed by atoms with E-state index >= 15 is 0 Å². The summed E-state index contributed by atoms with van der Waals surface area (Å²) in [5.74, 6) is 0.0976. The second-order valence-corrected chi connectivity index (χ2v) is 6.68. The van der Waals surface area contributed by atoms with Gasteiger partial charge < -0.3 is 5.73 Å². The number of benzene rings is 3. The van der Waals surface area contributed by atoms with Crippen molar-refractivity contribution in [3.63, 3.8) is 0 Å². The average molecular weight is 340 g/mol. The Hall–Kier alpha value is -3.13. The smallest absolute Gasteiger partial charge is 0.122 e. The zero-order valence-electron chi connectivity index (χ0n) is 15.1. The summed E-state index contributed by atoms with van der Waals surface area (Å²) in [7, 11) is 0. The molecule has 130 valence electrons. The number of nitrogens with one attached hydrogen (secondary N) is 1. The lowest BCUT2D eigenvalue weighted by atomic mass is 9.97. The number of rotatable bonds is 6. The molecule has 0 spiro atoms. The second-order valence-electron chi connectivity index (χ2n) is 6.68. The lowest BCUT2D eigenvalue weighted by Crippen LogP contribution is -2.10. The van der Waals surface area contributed by atoms with Crippen LogP contribution in [0.5, 0.6) is 0 Å². The van der Waals surface area contributed by atoms with E-state index in [0.717, 1.165) is 35.1 Å². The van der Waals surface area contributed by atoms with E-state index in [9.17, 15) is 0 Å². The highest BCUT2D eigenvalue weighted by molar-refractivity contribution is 5.96. The molecule has 26 heavy (non-hydrogen) atoms. The third-order valence-corrected chi connectivity index (χ3v) is 4.56. The molecule has 0 amide bonds. The van der Waals surface area contributed by atoms with Crippen LogP contribution in [0.2, 0.25) is 0 Å². The van der Waals surface area contributed by atoms with Crippen LogP contribution in [0, 0.1) is 5.41 Å². The molecule has 3 aromatic carbocycles. The first kappa shape index (κ1) is 17.7. The van der Waals surface area contributed by atoms with Gasteiger partial charge in [-0.15, -0.1) is 0 Å². The average Bonchev–Trinajstić information content (AvgIpc) is 2.67. The zero-order valence-corrected chi connectivity index (χ0v) is 15.1. The van der Waals surface area contributed by atoms with Gasteiger partial charge in [-0.05, 0) is 53.6 Å². The summed E-state index contributed by atoms with van der Waals surface area (Å²) in [4.78, 5) is 0. The summed E-state index contributed by atoms with van der Waals surface area (Å²) in [6.07, 6.45) is 1.98. The summed E-state index contributed by atoms with van der Waals surface area (Å²) in [5.41, 5.74) is 13.5. The van der Waals surface area contributed by atoms with Crippen LogP contribution in [0.4, 0.5) is 0 Å². The minimum absolute atomic E-state index is 0.0976. The molecule has 0 aliphatic carbocycles. The van der Waals surface area contributed by atoms with Gasteiger partial charge in [0.1, 0.15) is 5.84 Å². The molecule has 0 aliphatic rings. The lowest BCUT2D eigenvalue weighted by Gasteiger charge is -2.08. The van der Waals surface area contributed by atoms with Crippen molar-refractivity contribution in [3.05, 3.63) is 102 Å². The van der Waals surface area contributed by atoms with Crippen LogP contribution in [0.15, 0.2) is 79.4 Å². The summed E-state index contributed by atoms with van der Waals surface area (Å²) < 4.78 is 0. The fraction of sp³-hybridized carbons (Fsp3) is 0.125. The molecule has 0 aliphatic heterocycles. The highest BCUT2D eigenvalue weighted by Crippen LogP contribution is 2.23. The number of hydrogen-bond donors (Lipinski definition) is 2. The molecule has 3 rings (SSSR count). The van der Waals surface area contributed by atoms with Crippen LogP contribution in [0.25, 0.3) is 16.7 Å². The van der Waals surface area contributed by atoms with E-state index in [1.807, 2.05) is 25.1 Å². The third kappa shape index (κ3) is 4.28. The molecule has 0 radical (unpaired) electrons. The number of nitrogen functional groups attached to an aromatic ring is 1. The van der Waals surface area contributed by atoms with Gasteiger partial charge >= 0.3 is 0 Å². The van der Waals surface area contributed by atoms with E-state index in [0.29, 0.717) is 0 Å². The van der Waals surface area contributed by atoms with Crippen molar-refractivity contribution < 1.29 is 0 Å². The van der Waals surface area contributed by atoms with Gasteiger partial charge in [-0.3, -0.25) is 5.41 Å². The fourth-order valence-electron chi connectivity index (χ4n) is 3.05. The lowest BCUT2D eigenvalue weighted by molar-refractivity contribution is 0.960. The molecule has 0 saturated carbocycles. The normalized spacial score (nSPS) is 10.5. The maximum atomic E-state index is 7.62. The highest BCUT2D eigenvalue weighted by atomic mass is 14.7. The van der Waals surface area contributed by atoms with E-state index in [2.05, 4.69) is 61.2 Å². The molecule has 0 unspecified atom stereocenters. The molecular formula is C24H24N2. The molecule has 0 saturated heterocycles. The predicted octanol–water partition coefficient (Wildman–Crippen LogP) is 5.46. The van der Waals surface area contributed by atoms with Gasteiger partial charge in [0.25, 0.3) is 0 Å². The second kappa shape index (κ2) is 7.83.